The molecule has 0 radical (unpaired) electrons. The number of methoxy groups -OCH3 is 1. The Morgan fingerprint density at radius 3 is 2.04 bits per heavy atom. The minimum Gasteiger partial charge on any atom is -0.453 e. The number of carbonyl (C=O) groups is 3. The lowest BCUT2D eigenvalue weighted by Crippen LogP contribution is -2.45. The summed E-state index contributed by atoms with van der Waals surface area (Å²) >= 11 is 0. The third-order valence-electron chi connectivity index (χ3n) is 3.44. The summed E-state index contributed by atoms with van der Waals surface area (Å²) in [6, 6.07) is 5.86. The fourth-order valence-corrected chi connectivity index (χ4v) is 2.16. The first kappa shape index (κ1) is 22.3. The topological polar surface area (TPSA) is 106 Å². The predicted octanol–water partition coefficient (Wildman–Crippen LogP) is 3.89. The van der Waals surface area contributed by atoms with Gasteiger partial charge in [0, 0.05) is 11.4 Å². The summed E-state index contributed by atoms with van der Waals surface area (Å²) in [7, 11) is 1.28. The second-order valence-electron chi connectivity index (χ2n) is 7.02. The summed E-state index contributed by atoms with van der Waals surface area (Å²) in [6.45, 7) is 7.29. The van der Waals surface area contributed by atoms with Gasteiger partial charge in [-0.3, -0.25) is 10.1 Å². The van der Waals surface area contributed by atoms with Crippen molar-refractivity contribution in [2.24, 2.45) is 0 Å². The molecule has 0 heterocycles. The van der Waals surface area contributed by atoms with Crippen molar-refractivity contribution in [3.63, 3.8) is 0 Å². The maximum atomic E-state index is 12.6. The zero-order valence-electron chi connectivity index (χ0n) is 16.5. The van der Waals surface area contributed by atoms with E-state index in [0.29, 0.717) is 17.8 Å². The van der Waals surface area contributed by atoms with E-state index in [9.17, 15) is 14.4 Å². The summed E-state index contributed by atoms with van der Waals surface area (Å²) in [5.41, 5.74) is 0.440. The van der Waals surface area contributed by atoms with Crippen LogP contribution in [0.25, 0.3) is 0 Å². The summed E-state index contributed by atoms with van der Waals surface area (Å²) < 4.78 is 9.75. The van der Waals surface area contributed by atoms with Crippen LogP contribution in [0.3, 0.4) is 0 Å². The number of amides is 3. The molecule has 1 aromatic carbocycles. The monoisotopic (exact) mass is 379 g/mol. The van der Waals surface area contributed by atoms with E-state index in [-0.39, 0.29) is 5.91 Å². The van der Waals surface area contributed by atoms with E-state index in [1.54, 1.807) is 45.0 Å². The van der Waals surface area contributed by atoms with Crippen molar-refractivity contribution in [1.82, 2.24) is 5.32 Å². The van der Waals surface area contributed by atoms with Gasteiger partial charge in [0.15, 0.2) is 0 Å². The first-order valence-electron chi connectivity index (χ1n) is 8.90. The number of unbranched alkanes of at least 4 members (excludes halogenated alkanes) is 1. The van der Waals surface area contributed by atoms with Gasteiger partial charge in [-0.1, -0.05) is 19.8 Å². The number of ether oxygens (including phenoxy) is 2. The van der Waals surface area contributed by atoms with Gasteiger partial charge in [-0.25, -0.2) is 9.59 Å². The van der Waals surface area contributed by atoms with E-state index in [4.69, 9.17) is 4.74 Å². The molecule has 0 aliphatic carbocycles. The molecule has 0 unspecified atom stereocenters. The Kier molecular flexibility index (Phi) is 8.58. The van der Waals surface area contributed by atoms with Crippen molar-refractivity contribution in [3.05, 3.63) is 24.3 Å². The van der Waals surface area contributed by atoms with Crippen molar-refractivity contribution in [2.45, 2.75) is 58.6 Å². The fraction of sp³-hybridized carbons (Fsp3) is 0.526. The number of nitrogens with one attached hydrogen (secondary N) is 3. The Balaban J connectivity index is 2.72. The number of benzene rings is 1. The van der Waals surface area contributed by atoms with Gasteiger partial charge in [0.1, 0.15) is 11.6 Å². The van der Waals surface area contributed by atoms with Gasteiger partial charge in [-0.15, -0.1) is 0 Å². The van der Waals surface area contributed by atoms with Crippen LogP contribution in [0, 0.1) is 0 Å². The van der Waals surface area contributed by atoms with Gasteiger partial charge in [0.05, 0.1) is 7.11 Å². The molecule has 0 fully saturated rings. The molecule has 27 heavy (non-hydrogen) atoms. The molecule has 3 amide bonds. The predicted molar refractivity (Wildman–Crippen MR) is 104 cm³/mol. The van der Waals surface area contributed by atoms with Crippen molar-refractivity contribution in [2.75, 3.05) is 17.7 Å². The number of carbonyl (C=O) groups excluding carboxylic acids is 3. The second kappa shape index (κ2) is 10.4. The van der Waals surface area contributed by atoms with Crippen molar-refractivity contribution >= 4 is 29.5 Å². The normalized spacial score (nSPS) is 11.9. The Hall–Kier alpha value is -2.77. The number of rotatable bonds is 7. The van der Waals surface area contributed by atoms with E-state index >= 15 is 0 Å². The molecule has 0 spiro atoms. The van der Waals surface area contributed by atoms with Crippen molar-refractivity contribution < 1.29 is 23.9 Å². The van der Waals surface area contributed by atoms with Crippen LogP contribution in [0.15, 0.2) is 24.3 Å². The van der Waals surface area contributed by atoms with Crippen molar-refractivity contribution in [3.8, 4) is 0 Å². The lowest BCUT2D eigenvalue weighted by Gasteiger charge is -2.23. The molecule has 8 heteroatoms. The van der Waals surface area contributed by atoms with Gasteiger partial charge in [-0.05, 0) is 51.5 Å². The number of alkyl carbamates (subject to hydrolysis) is 1. The summed E-state index contributed by atoms with van der Waals surface area (Å²) in [6.07, 6.45) is 0.983. The molecule has 0 aliphatic heterocycles. The molecule has 0 saturated heterocycles. The van der Waals surface area contributed by atoms with Crippen LogP contribution in [0.2, 0.25) is 0 Å². The molecular formula is C19H29N3O5. The van der Waals surface area contributed by atoms with E-state index < -0.39 is 23.8 Å². The summed E-state index contributed by atoms with van der Waals surface area (Å²) in [4.78, 5) is 35.7. The number of anilines is 2. The van der Waals surface area contributed by atoms with Crippen LogP contribution in [-0.4, -0.2) is 36.8 Å². The van der Waals surface area contributed by atoms with Gasteiger partial charge in [0.2, 0.25) is 5.91 Å². The van der Waals surface area contributed by atoms with E-state index in [2.05, 4.69) is 20.7 Å². The van der Waals surface area contributed by atoms with Crippen LogP contribution >= 0.6 is 0 Å². The van der Waals surface area contributed by atoms with Gasteiger partial charge >= 0.3 is 12.2 Å². The Morgan fingerprint density at radius 2 is 1.56 bits per heavy atom. The Labute approximate surface area is 160 Å². The van der Waals surface area contributed by atoms with Crippen LogP contribution < -0.4 is 16.0 Å². The highest BCUT2D eigenvalue weighted by atomic mass is 16.6. The Bertz CT molecular complexity index is 638. The van der Waals surface area contributed by atoms with Gasteiger partial charge in [-0.2, -0.15) is 0 Å². The first-order valence-corrected chi connectivity index (χ1v) is 8.90. The maximum Gasteiger partial charge on any atom is 0.411 e. The third kappa shape index (κ3) is 8.94. The molecule has 1 aromatic rings. The molecule has 0 saturated carbocycles. The molecule has 1 atom stereocenters. The summed E-state index contributed by atoms with van der Waals surface area (Å²) in [5.74, 6) is -0.331. The quantitative estimate of drug-likeness (QED) is 0.666. The maximum absolute atomic E-state index is 12.6. The van der Waals surface area contributed by atoms with Crippen LogP contribution in [0.4, 0.5) is 21.0 Å². The minimum absolute atomic E-state index is 0.331. The lowest BCUT2D eigenvalue weighted by atomic mass is 10.1. The first-order chi connectivity index (χ1) is 12.6. The zero-order valence-corrected chi connectivity index (χ0v) is 16.5. The molecule has 150 valence electrons. The van der Waals surface area contributed by atoms with Crippen molar-refractivity contribution in [1.29, 1.82) is 0 Å². The molecule has 0 aromatic heterocycles. The summed E-state index contributed by atoms with van der Waals surface area (Å²) in [5, 5.41) is 7.91. The van der Waals surface area contributed by atoms with E-state index in [1.165, 1.54) is 7.11 Å². The van der Waals surface area contributed by atoms with Crippen LogP contribution in [-0.2, 0) is 14.3 Å². The van der Waals surface area contributed by atoms with Crippen LogP contribution in [0.5, 0.6) is 0 Å². The number of hydrogen-bond acceptors (Lipinski definition) is 5. The molecule has 3 N–H and O–H groups in total. The van der Waals surface area contributed by atoms with E-state index in [0.717, 1.165) is 12.8 Å². The minimum atomic E-state index is -0.701. The second-order valence-corrected chi connectivity index (χ2v) is 7.02. The molecular weight excluding hydrogens is 350 g/mol. The lowest BCUT2D eigenvalue weighted by molar-refractivity contribution is -0.118. The molecule has 0 aliphatic rings. The molecule has 1 rings (SSSR count). The van der Waals surface area contributed by atoms with Gasteiger partial charge < -0.3 is 20.1 Å². The fourth-order valence-electron chi connectivity index (χ4n) is 2.16. The highest BCUT2D eigenvalue weighted by Crippen LogP contribution is 2.15. The van der Waals surface area contributed by atoms with Gasteiger partial charge in [0.25, 0.3) is 0 Å². The highest BCUT2D eigenvalue weighted by molar-refractivity contribution is 5.96. The largest absolute Gasteiger partial charge is 0.453 e. The Morgan fingerprint density at radius 1 is 1.00 bits per heavy atom. The smallest absolute Gasteiger partial charge is 0.411 e. The standard InChI is InChI=1S/C19H29N3O5/c1-6-7-8-15(22-18(25)27-19(2,3)4)16(23)20-13-9-11-14(12-10-13)21-17(24)26-5/h9-12,15H,6-8H2,1-5H3,(H,20,23)(H,21,24)(H,22,25)/t15-/m1/s1. The van der Waals surface area contributed by atoms with Crippen LogP contribution in [0.1, 0.15) is 47.0 Å². The molecule has 8 nitrogen and oxygen atoms in total. The third-order valence-corrected chi connectivity index (χ3v) is 3.44. The number of hydrogen-bond donors (Lipinski definition) is 3. The molecule has 0 bridgehead atoms. The zero-order chi connectivity index (χ0) is 20.4. The SMILES string of the molecule is CCCC[C@@H](NC(=O)OC(C)(C)C)C(=O)Nc1ccc(NC(=O)OC)cc1. The average Bonchev–Trinajstić information content (AvgIpc) is 2.58. The average molecular weight is 379 g/mol. The highest BCUT2D eigenvalue weighted by Gasteiger charge is 2.24. The van der Waals surface area contributed by atoms with E-state index in [1.807, 2.05) is 6.92 Å².